The van der Waals surface area contributed by atoms with Crippen molar-refractivity contribution >= 4 is 29.5 Å². The van der Waals surface area contributed by atoms with Gasteiger partial charge in [-0.05, 0) is 40.3 Å². The zero-order valence-corrected chi connectivity index (χ0v) is 15.9. The number of hydrogen-bond acceptors (Lipinski definition) is 5. The summed E-state index contributed by atoms with van der Waals surface area (Å²) < 4.78 is 16.9. The highest BCUT2D eigenvalue weighted by atomic mass is 32.1. The molecule has 7 heteroatoms. The number of rotatable bonds is 1. The van der Waals surface area contributed by atoms with Crippen LogP contribution >= 0.6 is 12.6 Å². The average Bonchev–Trinajstić information content (AvgIpc) is 3.08. The Labute approximate surface area is 152 Å². The smallest absolute Gasteiger partial charge is 0.167 e. The lowest BCUT2D eigenvalue weighted by atomic mass is 10.1. The maximum Gasteiger partial charge on any atom is 0.167 e. The number of pyridine rings is 2. The number of nitrogens with one attached hydrogen (secondary N) is 1. The zero-order valence-electron chi connectivity index (χ0n) is 15.0. The van der Waals surface area contributed by atoms with Crippen molar-refractivity contribution in [2.24, 2.45) is 0 Å². The van der Waals surface area contributed by atoms with E-state index in [2.05, 4.69) is 50.2 Å². The minimum atomic E-state index is -0.351. The third-order valence-electron chi connectivity index (χ3n) is 5.45. The van der Waals surface area contributed by atoms with E-state index in [1.807, 2.05) is 10.8 Å². The first-order chi connectivity index (χ1) is 11.7. The lowest BCUT2D eigenvalue weighted by Crippen LogP contribution is -2.45. The van der Waals surface area contributed by atoms with Crippen LogP contribution in [-0.4, -0.2) is 46.7 Å². The van der Waals surface area contributed by atoms with Gasteiger partial charge in [0.2, 0.25) is 0 Å². The number of aromatic nitrogens is 2. The summed E-state index contributed by atoms with van der Waals surface area (Å²) in [7, 11) is 2.13. The fourth-order valence-electron chi connectivity index (χ4n) is 4.06. The monoisotopic (exact) mass is 361 g/mol. The van der Waals surface area contributed by atoms with E-state index in [1.165, 1.54) is 6.07 Å². The van der Waals surface area contributed by atoms with E-state index in [4.69, 9.17) is 10.4 Å². The van der Waals surface area contributed by atoms with Crippen molar-refractivity contribution in [3.05, 3.63) is 23.4 Å². The van der Waals surface area contributed by atoms with Gasteiger partial charge in [-0.1, -0.05) is 0 Å². The largest absolute Gasteiger partial charge is 0.348 e. The van der Waals surface area contributed by atoms with E-state index in [9.17, 15) is 4.39 Å². The van der Waals surface area contributed by atoms with Gasteiger partial charge in [-0.3, -0.25) is 10.3 Å². The second kappa shape index (κ2) is 5.45. The molecule has 2 atom stereocenters. The Morgan fingerprint density at radius 1 is 1.28 bits per heavy atom. The molecule has 2 aliphatic heterocycles. The normalized spacial score (nSPS) is 23.8. The van der Waals surface area contributed by atoms with Gasteiger partial charge >= 0.3 is 0 Å². The number of likely N-dealkylation sites (N-methyl/N-ethyl adjacent to an activating group) is 1. The van der Waals surface area contributed by atoms with Gasteiger partial charge in [0.05, 0.1) is 5.36 Å². The summed E-state index contributed by atoms with van der Waals surface area (Å²) in [5, 5.41) is 8.99. The van der Waals surface area contributed by atoms with Crippen molar-refractivity contribution in [1.82, 2.24) is 14.5 Å². The Hall–Kier alpha value is -1.60. The average molecular weight is 361 g/mol. The minimum Gasteiger partial charge on any atom is -0.348 e. The van der Waals surface area contributed by atoms with Crippen LogP contribution in [0, 0.1) is 11.2 Å². The highest BCUT2D eigenvalue weighted by molar-refractivity contribution is 7.80. The van der Waals surface area contributed by atoms with Gasteiger partial charge in [-0.25, -0.2) is 9.37 Å². The van der Waals surface area contributed by atoms with Crippen LogP contribution in [0.1, 0.15) is 27.2 Å². The van der Waals surface area contributed by atoms with Crippen molar-refractivity contribution in [2.75, 3.05) is 25.0 Å². The predicted octanol–water partition coefficient (Wildman–Crippen LogP) is 2.59. The van der Waals surface area contributed by atoms with Crippen molar-refractivity contribution < 1.29 is 4.39 Å². The Kier molecular flexibility index (Phi) is 3.67. The van der Waals surface area contributed by atoms with Crippen LogP contribution in [0.3, 0.4) is 0 Å². The van der Waals surface area contributed by atoms with Gasteiger partial charge in [0, 0.05) is 47.2 Å². The fraction of sp³-hybridized carbons (Fsp3) is 0.556. The van der Waals surface area contributed by atoms with Gasteiger partial charge in [0.15, 0.2) is 11.6 Å². The van der Waals surface area contributed by atoms with E-state index < -0.39 is 0 Å². The summed E-state index contributed by atoms with van der Waals surface area (Å²) in [5.41, 5.74) is 0.401. The minimum absolute atomic E-state index is 0.222. The molecule has 0 spiro atoms. The summed E-state index contributed by atoms with van der Waals surface area (Å²) in [6.07, 6.45) is 2.89. The standard InChI is InChI=1S/C18H24FN5S/c1-18(2,3)24-9-14(25)15(20)12-6-13(19)17(21-16(12)24)23-8-10-5-11(23)7-22(10)4/h6,9-11,20,25H,5,7-8H2,1-4H3. The first kappa shape index (κ1) is 16.8. The first-order valence-corrected chi connectivity index (χ1v) is 9.08. The van der Waals surface area contributed by atoms with Crippen LogP contribution in [0.2, 0.25) is 0 Å². The number of nitrogens with zero attached hydrogens (tertiary/aromatic N) is 4. The van der Waals surface area contributed by atoms with Crippen LogP contribution in [-0.2, 0) is 5.54 Å². The number of halogens is 1. The number of hydrogen-bond donors (Lipinski definition) is 2. The molecule has 0 amide bonds. The number of likely N-dealkylation sites (tertiary alicyclic amines) is 1. The number of piperazine rings is 1. The molecule has 2 aromatic rings. The molecule has 134 valence electrons. The lowest BCUT2D eigenvalue weighted by Gasteiger charge is -2.33. The molecule has 25 heavy (non-hydrogen) atoms. The zero-order chi connectivity index (χ0) is 18.1. The summed E-state index contributed by atoms with van der Waals surface area (Å²) >= 11 is 4.39. The highest BCUT2D eigenvalue weighted by Crippen LogP contribution is 2.35. The van der Waals surface area contributed by atoms with Gasteiger partial charge in [0.25, 0.3) is 0 Å². The quantitative estimate of drug-likeness (QED) is 0.768. The van der Waals surface area contributed by atoms with Crippen LogP contribution in [0.5, 0.6) is 0 Å². The number of fused-ring (bicyclic) bond motifs is 3. The van der Waals surface area contributed by atoms with Gasteiger partial charge in [-0.2, -0.15) is 0 Å². The molecule has 0 saturated carbocycles. The van der Waals surface area contributed by atoms with E-state index in [0.29, 0.717) is 33.8 Å². The van der Waals surface area contributed by atoms with Gasteiger partial charge in [-0.15, -0.1) is 12.6 Å². The van der Waals surface area contributed by atoms with Gasteiger partial charge in [0.1, 0.15) is 5.65 Å². The second-order valence-corrected chi connectivity index (χ2v) is 8.71. The molecule has 5 nitrogen and oxygen atoms in total. The SMILES string of the molecule is CN1CC2CC1CN2c1nc2c(cc1F)c(=N)c(S)cn2C(C)(C)C. The first-order valence-electron chi connectivity index (χ1n) is 8.63. The summed E-state index contributed by atoms with van der Waals surface area (Å²) in [6, 6.07) is 2.25. The van der Waals surface area contributed by atoms with Crippen LogP contribution in [0.15, 0.2) is 17.2 Å². The fourth-order valence-corrected chi connectivity index (χ4v) is 4.30. The van der Waals surface area contributed by atoms with Crippen molar-refractivity contribution in [2.45, 2.75) is 49.7 Å². The number of thiol groups is 1. The van der Waals surface area contributed by atoms with Crippen LogP contribution in [0.25, 0.3) is 11.0 Å². The van der Waals surface area contributed by atoms with Crippen molar-refractivity contribution in [3.8, 4) is 0 Å². The van der Waals surface area contributed by atoms with Gasteiger partial charge < -0.3 is 9.47 Å². The second-order valence-electron chi connectivity index (χ2n) is 8.23. The van der Waals surface area contributed by atoms with E-state index in [1.54, 1.807) is 0 Å². The van der Waals surface area contributed by atoms with E-state index in [-0.39, 0.29) is 16.7 Å². The van der Waals surface area contributed by atoms with E-state index in [0.717, 1.165) is 19.5 Å². The molecular weight excluding hydrogens is 337 g/mol. The molecule has 4 rings (SSSR count). The molecular formula is C18H24FN5S. The summed E-state index contributed by atoms with van der Waals surface area (Å²) in [4.78, 5) is 9.68. The number of anilines is 1. The molecule has 1 N–H and O–H groups in total. The maximum absolute atomic E-state index is 14.9. The molecule has 4 heterocycles. The Bertz CT molecular complexity index is 914. The highest BCUT2D eigenvalue weighted by Gasteiger charge is 2.43. The molecule has 2 unspecified atom stereocenters. The molecule has 0 radical (unpaired) electrons. The molecule has 0 aliphatic carbocycles. The summed E-state index contributed by atoms with van der Waals surface area (Å²) in [5.74, 6) is 0.0630. The third-order valence-corrected chi connectivity index (χ3v) is 5.79. The third kappa shape index (κ3) is 2.56. The Morgan fingerprint density at radius 2 is 2.00 bits per heavy atom. The Morgan fingerprint density at radius 3 is 2.56 bits per heavy atom. The molecule has 2 aromatic heterocycles. The van der Waals surface area contributed by atoms with Crippen molar-refractivity contribution in [3.63, 3.8) is 0 Å². The molecule has 2 saturated heterocycles. The molecule has 2 bridgehead atoms. The Balaban J connectivity index is 1.92. The molecule has 2 aliphatic rings. The maximum atomic E-state index is 14.9. The molecule has 2 fully saturated rings. The molecule has 0 aromatic carbocycles. The predicted molar refractivity (Wildman–Crippen MR) is 100.0 cm³/mol. The topological polar surface area (TPSA) is 48.1 Å². The van der Waals surface area contributed by atoms with Crippen LogP contribution in [0.4, 0.5) is 10.2 Å². The van der Waals surface area contributed by atoms with Crippen molar-refractivity contribution in [1.29, 1.82) is 5.41 Å². The van der Waals surface area contributed by atoms with E-state index >= 15 is 0 Å². The summed E-state index contributed by atoms with van der Waals surface area (Å²) in [6.45, 7) is 7.97. The van der Waals surface area contributed by atoms with Crippen LogP contribution < -0.4 is 10.3 Å². The lowest BCUT2D eigenvalue weighted by molar-refractivity contribution is 0.291.